The molecule has 3 heteroatoms. The van der Waals surface area contributed by atoms with Crippen molar-refractivity contribution in [2.24, 2.45) is 16.6 Å². The zero-order valence-electron chi connectivity index (χ0n) is 9.53. The van der Waals surface area contributed by atoms with Gasteiger partial charge >= 0.3 is 0 Å². The minimum atomic E-state index is 0.291. The summed E-state index contributed by atoms with van der Waals surface area (Å²) >= 11 is 0. The summed E-state index contributed by atoms with van der Waals surface area (Å²) in [5.41, 5.74) is 6.82. The summed E-state index contributed by atoms with van der Waals surface area (Å²) in [5.74, 6) is 1.83. The molecule has 0 aliphatic rings. The smallest absolute Gasteiger partial charge is 0.123 e. The van der Waals surface area contributed by atoms with Crippen LogP contribution < -0.4 is 10.5 Å². The van der Waals surface area contributed by atoms with Crippen molar-refractivity contribution in [1.29, 1.82) is 0 Å². The molecular weight excluding hydrogens is 188 g/mol. The van der Waals surface area contributed by atoms with Gasteiger partial charge in [-0.25, -0.2) is 0 Å². The predicted octanol–water partition coefficient (Wildman–Crippen LogP) is 2.21. The van der Waals surface area contributed by atoms with Crippen molar-refractivity contribution in [1.82, 2.24) is 0 Å². The molecule has 0 heterocycles. The molecule has 0 fully saturated rings. The third-order valence-electron chi connectivity index (χ3n) is 2.22. The van der Waals surface area contributed by atoms with Crippen molar-refractivity contribution in [2.75, 3.05) is 7.11 Å². The van der Waals surface area contributed by atoms with E-state index in [-0.39, 0.29) is 0 Å². The summed E-state index contributed by atoms with van der Waals surface area (Å²) in [4.78, 5) is 4.32. The molecule has 0 atom stereocenters. The Bertz CT molecular complexity index is 345. The first kappa shape index (κ1) is 11.6. The SMILES string of the molecule is COc1ccccc1CN=C(N)C(C)C. The number of methoxy groups -OCH3 is 1. The van der Waals surface area contributed by atoms with E-state index in [4.69, 9.17) is 10.5 Å². The van der Waals surface area contributed by atoms with Crippen LogP contribution in [0.25, 0.3) is 0 Å². The summed E-state index contributed by atoms with van der Waals surface area (Å²) in [6.45, 7) is 4.64. The Morgan fingerprint density at radius 3 is 2.67 bits per heavy atom. The second-order valence-corrected chi connectivity index (χ2v) is 3.71. The largest absolute Gasteiger partial charge is 0.496 e. The number of hydrogen-bond donors (Lipinski definition) is 1. The van der Waals surface area contributed by atoms with Gasteiger partial charge in [-0.2, -0.15) is 0 Å². The molecule has 1 aromatic carbocycles. The Morgan fingerprint density at radius 2 is 2.07 bits per heavy atom. The fraction of sp³-hybridized carbons (Fsp3) is 0.417. The molecule has 3 nitrogen and oxygen atoms in total. The molecule has 2 N–H and O–H groups in total. The maximum absolute atomic E-state index is 5.77. The Hall–Kier alpha value is -1.51. The lowest BCUT2D eigenvalue weighted by Gasteiger charge is -2.07. The first-order valence-electron chi connectivity index (χ1n) is 5.07. The average molecular weight is 206 g/mol. The van der Waals surface area contributed by atoms with E-state index in [1.165, 1.54) is 0 Å². The normalized spacial score (nSPS) is 11.9. The highest BCUT2D eigenvalue weighted by atomic mass is 16.5. The highest BCUT2D eigenvalue weighted by Gasteiger charge is 2.02. The first-order chi connectivity index (χ1) is 7.15. The van der Waals surface area contributed by atoms with Gasteiger partial charge < -0.3 is 10.5 Å². The van der Waals surface area contributed by atoms with Gasteiger partial charge in [-0.15, -0.1) is 0 Å². The molecule has 15 heavy (non-hydrogen) atoms. The topological polar surface area (TPSA) is 47.6 Å². The van der Waals surface area contributed by atoms with Gasteiger partial charge in [0.25, 0.3) is 0 Å². The molecule has 82 valence electrons. The predicted molar refractivity (Wildman–Crippen MR) is 63.2 cm³/mol. The Balaban J connectivity index is 2.77. The number of para-hydroxylation sites is 1. The molecule has 0 aliphatic heterocycles. The van der Waals surface area contributed by atoms with Gasteiger partial charge in [0.2, 0.25) is 0 Å². The number of hydrogen-bond acceptors (Lipinski definition) is 2. The molecule has 0 spiro atoms. The molecule has 0 bridgehead atoms. The number of rotatable bonds is 4. The fourth-order valence-corrected chi connectivity index (χ4v) is 1.19. The van der Waals surface area contributed by atoms with Crippen LogP contribution in [-0.2, 0) is 6.54 Å². The van der Waals surface area contributed by atoms with Gasteiger partial charge in [0.15, 0.2) is 0 Å². The van der Waals surface area contributed by atoms with Crippen LogP contribution in [0, 0.1) is 5.92 Å². The van der Waals surface area contributed by atoms with Crippen LogP contribution in [0.2, 0.25) is 0 Å². The molecular formula is C12H18N2O. The maximum Gasteiger partial charge on any atom is 0.123 e. The summed E-state index contributed by atoms with van der Waals surface area (Å²) in [5, 5.41) is 0. The van der Waals surface area contributed by atoms with E-state index in [0.29, 0.717) is 18.3 Å². The summed E-state index contributed by atoms with van der Waals surface area (Å²) in [6, 6.07) is 7.84. The Morgan fingerprint density at radius 1 is 1.40 bits per heavy atom. The molecule has 0 aliphatic carbocycles. The number of nitrogens with zero attached hydrogens (tertiary/aromatic N) is 1. The lowest BCUT2D eigenvalue weighted by atomic mass is 10.2. The molecule has 0 saturated carbocycles. The van der Waals surface area contributed by atoms with Gasteiger partial charge in [0.1, 0.15) is 5.75 Å². The van der Waals surface area contributed by atoms with Crippen LogP contribution in [0.1, 0.15) is 19.4 Å². The monoisotopic (exact) mass is 206 g/mol. The zero-order chi connectivity index (χ0) is 11.3. The van der Waals surface area contributed by atoms with Crippen LogP contribution in [0.5, 0.6) is 5.75 Å². The summed E-state index contributed by atoms with van der Waals surface area (Å²) in [6.07, 6.45) is 0. The van der Waals surface area contributed by atoms with Crippen LogP contribution in [0.3, 0.4) is 0 Å². The Labute approximate surface area is 91.0 Å². The molecule has 0 unspecified atom stereocenters. The third kappa shape index (κ3) is 3.27. The van der Waals surface area contributed by atoms with E-state index in [1.54, 1.807) is 7.11 Å². The molecule has 0 radical (unpaired) electrons. The van der Waals surface area contributed by atoms with Gasteiger partial charge in [-0.3, -0.25) is 4.99 Å². The Kier molecular flexibility index (Phi) is 4.16. The number of nitrogens with two attached hydrogens (primary N) is 1. The molecule has 1 aromatic rings. The van der Waals surface area contributed by atoms with Crippen molar-refractivity contribution < 1.29 is 4.74 Å². The average Bonchev–Trinajstić information content (AvgIpc) is 2.26. The number of aliphatic imine (C=N–C) groups is 1. The van der Waals surface area contributed by atoms with Gasteiger partial charge in [-0.1, -0.05) is 32.0 Å². The molecule has 1 rings (SSSR count). The molecule has 0 saturated heterocycles. The van der Waals surface area contributed by atoms with Gasteiger partial charge in [0, 0.05) is 11.5 Å². The lowest BCUT2D eigenvalue weighted by molar-refractivity contribution is 0.410. The number of amidine groups is 1. The van der Waals surface area contributed by atoms with E-state index in [9.17, 15) is 0 Å². The van der Waals surface area contributed by atoms with Crippen molar-refractivity contribution in [3.63, 3.8) is 0 Å². The highest BCUT2D eigenvalue weighted by molar-refractivity contribution is 5.82. The van der Waals surface area contributed by atoms with E-state index in [1.807, 2.05) is 38.1 Å². The quantitative estimate of drug-likeness (QED) is 0.606. The van der Waals surface area contributed by atoms with Crippen molar-refractivity contribution >= 4 is 5.84 Å². The number of ether oxygens (including phenoxy) is 1. The van der Waals surface area contributed by atoms with E-state index >= 15 is 0 Å². The van der Waals surface area contributed by atoms with E-state index < -0.39 is 0 Å². The minimum Gasteiger partial charge on any atom is -0.496 e. The zero-order valence-corrected chi connectivity index (χ0v) is 9.53. The van der Waals surface area contributed by atoms with Crippen molar-refractivity contribution in [2.45, 2.75) is 20.4 Å². The second kappa shape index (κ2) is 5.39. The minimum absolute atomic E-state index is 0.291. The lowest BCUT2D eigenvalue weighted by Crippen LogP contribution is -2.18. The standard InChI is InChI=1S/C12H18N2O/c1-9(2)12(13)14-8-10-6-4-5-7-11(10)15-3/h4-7,9H,8H2,1-3H3,(H2,13,14). The second-order valence-electron chi connectivity index (χ2n) is 3.71. The molecule has 0 amide bonds. The van der Waals surface area contributed by atoms with E-state index in [2.05, 4.69) is 4.99 Å². The van der Waals surface area contributed by atoms with Crippen molar-refractivity contribution in [3.05, 3.63) is 29.8 Å². The number of benzene rings is 1. The van der Waals surface area contributed by atoms with Crippen LogP contribution >= 0.6 is 0 Å². The molecule has 0 aromatic heterocycles. The fourth-order valence-electron chi connectivity index (χ4n) is 1.19. The highest BCUT2D eigenvalue weighted by Crippen LogP contribution is 2.18. The van der Waals surface area contributed by atoms with Crippen LogP contribution in [-0.4, -0.2) is 12.9 Å². The van der Waals surface area contributed by atoms with Crippen molar-refractivity contribution in [3.8, 4) is 5.75 Å². The van der Waals surface area contributed by atoms with Crippen LogP contribution in [0.15, 0.2) is 29.3 Å². The summed E-state index contributed by atoms with van der Waals surface area (Å²) < 4.78 is 5.23. The van der Waals surface area contributed by atoms with Crippen LogP contribution in [0.4, 0.5) is 0 Å². The third-order valence-corrected chi connectivity index (χ3v) is 2.22. The maximum atomic E-state index is 5.77. The van der Waals surface area contributed by atoms with Gasteiger partial charge in [-0.05, 0) is 6.07 Å². The summed E-state index contributed by atoms with van der Waals surface area (Å²) in [7, 11) is 1.66. The van der Waals surface area contributed by atoms with Gasteiger partial charge in [0.05, 0.1) is 19.5 Å². The first-order valence-corrected chi connectivity index (χ1v) is 5.07. The van der Waals surface area contributed by atoms with E-state index in [0.717, 1.165) is 11.3 Å².